The molecule has 0 heterocycles. The van der Waals surface area contributed by atoms with Crippen molar-refractivity contribution >= 4 is 5.97 Å². The fourth-order valence-electron chi connectivity index (χ4n) is 3.24. The van der Waals surface area contributed by atoms with Gasteiger partial charge in [-0.2, -0.15) is 0 Å². The van der Waals surface area contributed by atoms with Crippen LogP contribution in [0.3, 0.4) is 0 Å². The molecule has 2 aromatic carbocycles. The highest BCUT2D eigenvalue weighted by Gasteiger charge is 2.19. The summed E-state index contributed by atoms with van der Waals surface area (Å²) < 4.78 is 21.7. The van der Waals surface area contributed by atoms with Gasteiger partial charge in [-0.25, -0.2) is 0 Å². The maximum absolute atomic E-state index is 11.0. The molecular weight excluding hydrogens is 396 g/mol. The van der Waals surface area contributed by atoms with Crippen LogP contribution in [-0.2, 0) is 20.9 Å². The van der Waals surface area contributed by atoms with Crippen LogP contribution in [0.15, 0.2) is 54.1 Å². The summed E-state index contributed by atoms with van der Waals surface area (Å²) in [7, 11) is 3.11. The Morgan fingerprint density at radius 3 is 2.39 bits per heavy atom. The lowest BCUT2D eigenvalue weighted by Crippen LogP contribution is -2.09. The zero-order valence-corrected chi connectivity index (χ0v) is 18.7. The zero-order valence-electron chi connectivity index (χ0n) is 18.7. The molecule has 2 rings (SSSR count). The largest absolute Gasteiger partial charge is 0.508 e. The minimum absolute atomic E-state index is 0.0544. The number of methoxy groups -OCH3 is 2. The number of aromatic hydroxyl groups is 1. The second-order valence-electron chi connectivity index (χ2n) is 7.37. The first-order valence-corrected chi connectivity index (χ1v) is 10.3. The van der Waals surface area contributed by atoms with E-state index in [1.54, 1.807) is 19.2 Å². The fourth-order valence-corrected chi connectivity index (χ4v) is 3.24. The van der Waals surface area contributed by atoms with Crippen LogP contribution in [0.4, 0.5) is 0 Å². The third-order valence-electron chi connectivity index (χ3n) is 4.91. The topological polar surface area (TPSA) is 74.2 Å². The third-order valence-corrected chi connectivity index (χ3v) is 4.91. The van der Waals surface area contributed by atoms with Gasteiger partial charge in [-0.05, 0) is 37.0 Å². The standard InChI is InChI=1S/C25H32O6/c1-18(15-31-19(2)26)9-8-12-21(17-30-16-20-10-6-5-7-11-20)22-13-24(28-3)25(29-4)14-23(22)27/h5-7,9-11,13-14,21,27H,8,12,15-17H2,1-4H3/b18-9-. The normalized spacial score (nSPS) is 12.3. The minimum Gasteiger partial charge on any atom is -0.508 e. The number of benzene rings is 2. The van der Waals surface area contributed by atoms with Gasteiger partial charge in [0.2, 0.25) is 0 Å². The van der Waals surface area contributed by atoms with Crippen LogP contribution >= 0.6 is 0 Å². The Hall–Kier alpha value is -2.99. The lowest BCUT2D eigenvalue weighted by molar-refractivity contribution is -0.139. The number of esters is 1. The van der Waals surface area contributed by atoms with E-state index in [1.807, 2.05) is 43.3 Å². The molecule has 6 heteroatoms. The molecule has 1 N–H and O–H groups in total. The van der Waals surface area contributed by atoms with Crippen molar-refractivity contribution in [1.82, 2.24) is 0 Å². The van der Waals surface area contributed by atoms with Crippen molar-refractivity contribution in [2.45, 2.75) is 39.2 Å². The van der Waals surface area contributed by atoms with Gasteiger partial charge in [0, 0.05) is 24.5 Å². The van der Waals surface area contributed by atoms with Gasteiger partial charge < -0.3 is 24.1 Å². The minimum atomic E-state index is -0.296. The highest BCUT2D eigenvalue weighted by Crippen LogP contribution is 2.39. The van der Waals surface area contributed by atoms with E-state index in [-0.39, 0.29) is 24.2 Å². The molecule has 0 saturated heterocycles. The van der Waals surface area contributed by atoms with Crippen molar-refractivity contribution in [3.63, 3.8) is 0 Å². The summed E-state index contributed by atoms with van der Waals surface area (Å²) in [5.74, 6) is 0.831. The lowest BCUT2D eigenvalue weighted by atomic mass is 9.93. The summed E-state index contributed by atoms with van der Waals surface area (Å²) in [6.45, 7) is 4.54. The predicted octanol–water partition coefficient (Wildman–Crippen LogP) is 5.00. The molecule has 0 aliphatic rings. The number of ether oxygens (including phenoxy) is 4. The van der Waals surface area contributed by atoms with E-state index in [0.717, 1.165) is 29.5 Å². The molecule has 0 amide bonds. The van der Waals surface area contributed by atoms with Crippen LogP contribution in [0.25, 0.3) is 0 Å². The first-order valence-electron chi connectivity index (χ1n) is 10.3. The van der Waals surface area contributed by atoms with E-state index in [4.69, 9.17) is 18.9 Å². The lowest BCUT2D eigenvalue weighted by Gasteiger charge is -2.20. The number of hydrogen-bond donors (Lipinski definition) is 1. The van der Waals surface area contributed by atoms with E-state index in [0.29, 0.717) is 24.7 Å². The first-order chi connectivity index (χ1) is 14.9. The van der Waals surface area contributed by atoms with Crippen molar-refractivity contribution in [2.24, 2.45) is 0 Å². The van der Waals surface area contributed by atoms with Crippen LogP contribution < -0.4 is 9.47 Å². The van der Waals surface area contributed by atoms with E-state index in [1.165, 1.54) is 14.0 Å². The van der Waals surface area contributed by atoms with Crippen molar-refractivity contribution < 1.29 is 28.8 Å². The summed E-state index contributed by atoms with van der Waals surface area (Å²) in [6.07, 6.45) is 3.54. The number of hydrogen-bond acceptors (Lipinski definition) is 6. The van der Waals surface area contributed by atoms with E-state index >= 15 is 0 Å². The Morgan fingerprint density at radius 2 is 1.74 bits per heavy atom. The third kappa shape index (κ3) is 7.98. The van der Waals surface area contributed by atoms with E-state index < -0.39 is 0 Å². The first kappa shape index (κ1) is 24.3. The second kappa shape index (κ2) is 12.6. The highest BCUT2D eigenvalue weighted by molar-refractivity contribution is 5.66. The zero-order chi connectivity index (χ0) is 22.6. The Balaban J connectivity index is 2.13. The Bertz CT molecular complexity index is 860. The summed E-state index contributed by atoms with van der Waals surface area (Å²) in [5.41, 5.74) is 2.82. The van der Waals surface area contributed by atoms with Gasteiger partial charge in [0.25, 0.3) is 0 Å². The van der Waals surface area contributed by atoms with Gasteiger partial charge in [-0.3, -0.25) is 4.79 Å². The molecular formula is C25H32O6. The average molecular weight is 429 g/mol. The fraction of sp³-hybridized carbons (Fsp3) is 0.400. The van der Waals surface area contributed by atoms with Crippen LogP contribution in [0.2, 0.25) is 0 Å². The second-order valence-corrected chi connectivity index (χ2v) is 7.37. The van der Waals surface area contributed by atoms with Crippen LogP contribution in [0.1, 0.15) is 43.7 Å². The van der Waals surface area contributed by atoms with E-state index in [9.17, 15) is 9.90 Å². The van der Waals surface area contributed by atoms with Crippen LogP contribution in [0.5, 0.6) is 17.2 Å². The molecule has 1 unspecified atom stereocenters. The number of rotatable bonds is 12. The van der Waals surface area contributed by atoms with Crippen molar-refractivity contribution in [3.05, 3.63) is 65.2 Å². The van der Waals surface area contributed by atoms with Crippen LogP contribution in [-0.4, -0.2) is 38.5 Å². The molecule has 31 heavy (non-hydrogen) atoms. The Morgan fingerprint density at radius 1 is 1.06 bits per heavy atom. The maximum atomic E-state index is 11.0. The summed E-state index contributed by atoms with van der Waals surface area (Å²) in [6, 6.07) is 13.3. The quantitative estimate of drug-likeness (QED) is 0.379. The molecule has 1 atom stereocenters. The van der Waals surface area contributed by atoms with Gasteiger partial charge in [-0.15, -0.1) is 0 Å². The number of phenolic OH excluding ortho intramolecular Hbond substituents is 1. The number of carbonyl (C=O) groups is 1. The van der Waals surface area contributed by atoms with E-state index in [2.05, 4.69) is 0 Å². The number of allylic oxidation sites excluding steroid dienone is 1. The maximum Gasteiger partial charge on any atom is 0.302 e. The molecule has 0 fully saturated rings. The molecule has 0 aliphatic carbocycles. The smallest absolute Gasteiger partial charge is 0.302 e. The molecule has 6 nitrogen and oxygen atoms in total. The monoisotopic (exact) mass is 428 g/mol. The van der Waals surface area contributed by atoms with Gasteiger partial charge >= 0.3 is 5.97 Å². The van der Waals surface area contributed by atoms with Crippen LogP contribution in [0, 0.1) is 0 Å². The van der Waals surface area contributed by atoms with Gasteiger partial charge in [-0.1, -0.05) is 36.4 Å². The number of carbonyl (C=O) groups excluding carboxylic acids is 1. The predicted molar refractivity (Wildman–Crippen MR) is 120 cm³/mol. The SMILES string of the molecule is COc1cc(O)c(C(CC/C=C(/C)COC(C)=O)COCc2ccccc2)cc1OC. The van der Waals surface area contributed by atoms with Crippen molar-refractivity contribution in [2.75, 3.05) is 27.4 Å². The summed E-state index contributed by atoms with van der Waals surface area (Å²) in [4.78, 5) is 11.0. The molecule has 0 aliphatic heterocycles. The molecule has 0 aromatic heterocycles. The molecule has 0 radical (unpaired) electrons. The van der Waals surface area contributed by atoms with Gasteiger partial charge in [0.1, 0.15) is 12.4 Å². The Labute approximate surface area is 184 Å². The summed E-state index contributed by atoms with van der Waals surface area (Å²) in [5, 5.41) is 10.6. The molecule has 2 aromatic rings. The molecule has 0 saturated carbocycles. The Kier molecular flexibility index (Phi) is 9.91. The molecule has 0 spiro atoms. The average Bonchev–Trinajstić information content (AvgIpc) is 2.77. The van der Waals surface area contributed by atoms with Crippen molar-refractivity contribution in [3.8, 4) is 17.2 Å². The van der Waals surface area contributed by atoms with Gasteiger partial charge in [0.15, 0.2) is 11.5 Å². The molecule has 168 valence electrons. The number of phenols is 1. The molecule has 0 bridgehead atoms. The highest BCUT2D eigenvalue weighted by atomic mass is 16.5. The van der Waals surface area contributed by atoms with Crippen molar-refractivity contribution in [1.29, 1.82) is 0 Å². The summed E-state index contributed by atoms with van der Waals surface area (Å²) >= 11 is 0. The van der Waals surface area contributed by atoms with Gasteiger partial charge in [0.05, 0.1) is 27.4 Å².